The lowest BCUT2D eigenvalue weighted by Gasteiger charge is -2.14. The number of benzene rings is 1. The van der Waals surface area contributed by atoms with E-state index in [-0.39, 0.29) is 35.3 Å². The van der Waals surface area contributed by atoms with Crippen LogP contribution in [-0.2, 0) is 11.3 Å². The molecule has 0 aliphatic carbocycles. The number of carbonyl (C=O) groups excluding carboxylic acids is 2. The van der Waals surface area contributed by atoms with E-state index in [9.17, 15) is 9.59 Å². The topological polar surface area (TPSA) is 126 Å². The third-order valence-electron chi connectivity index (χ3n) is 4.27. The van der Waals surface area contributed by atoms with Gasteiger partial charge in [-0.05, 0) is 23.6 Å². The molecule has 164 valence electrons. The number of carbonyl (C=O) groups is 2. The van der Waals surface area contributed by atoms with E-state index in [0.29, 0.717) is 11.6 Å². The Morgan fingerprint density at radius 3 is 2.62 bits per heavy atom. The van der Waals surface area contributed by atoms with Crippen LogP contribution in [-0.4, -0.2) is 36.2 Å². The molecule has 32 heavy (non-hydrogen) atoms. The van der Waals surface area contributed by atoms with Gasteiger partial charge in [-0.2, -0.15) is 4.98 Å². The highest BCUT2D eigenvalue weighted by atomic mass is 32.1. The highest BCUT2D eigenvalue weighted by Gasteiger charge is 2.22. The Morgan fingerprint density at radius 2 is 1.94 bits per heavy atom. The minimum absolute atomic E-state index is 0.0422. The number of anilines is 1. The van der Waals surface area contributed by atoms with Crippen LogP contribution in [0.4, 0.5) is 5.69 Å². The summed E-state index contributed by atoms with van der Waals surface area (Å²) in [5, 5.41) is 8.39. The zero-order valence-corrected chi connectivity index (χ0v) is 17.8. The summed E-state index contributed by atoms with van der Waals surface area (Å²) in [6.45, 7) is -0.253. The molecule has 1 N–H and O–H groups in total. The van der Waals surface area contributed by atoms with Crippen molar-refractivity contribution in [2.45, 2.75) is 6.61 Å². The number of furan rings is 1. The Bertz CT molecular complexity index is 1220. The maximum absolute atomic E-state index is 12.8. The van der Waals surface area contributed by atoms with Gasteiger partial charge in [-0.25, -0.2) is 4.79 Å². The van der Waals surface area contributed by atoms with Crippen molar-refractivity contribution in [3.05, 3.63) is 65.3 Å². The average Bonchev–Trinajstić information content (AvgIpc) is 3.58. The lowest BCUT2D eigenvalue weighted by molar-refractivity contribution is 0.0430. The number of nitrogens with one attached hydrogen (secondary N) is 1. The maximum atomic E-state index is 12.8. The molecule has 4 rings (SSSR count). The van der Waals surface area contributed by atoms with Gasteiger partial charge in [-0.15, -0.1) is 11.3 Å². The minimum Gasteiger partial charge on any atom is -0.493 e. The summed E-state index contributed by atoms with van der Waals surface area (Å²) in [5.41, 5.74) is 0.194. The van der Waals surface area contributed by atoms with Crippen molar-refractivity contribution in [2.75, 3.05) is 19.5 Å². The van der Waals surface area contributed by atoms with Crippen LogP contribution in [0.2, 0.25) is 0 Å². The highest BCUT2D eigenvalue weighted by Crippen LogP contribution is 2.34. The first kappa shape index (κ1) is 21.1. The molecular weight excluding hydrogens is 438 g/mol. The Hall–Kier alpha value is -4.12. The first-order valence-electron chi connectivity index (χ1n) is 9.23. The van der Waals surface area contributed by atoms with Crippen LogP contribution < -0.4 is 14.8 Å². The zero-order chi connectivity index (χ0) is 22.5. The Kier molecular flexibility index (Phi) is 6.17. The molecule has 0 saturated carbocycles. The Balaban J connectivity index is 1.55. The van der Waals surface area contributed by atoms with E-state index in [0.717, 1.165) is 4.88 Å². The van der Waals surface area contributed by atoms with Gasteiger partial charge in [0.05, 0.1) is 36.6 Å². The second-order valence-electron chi connectivity index (χ2n) is 6.25. The number of esters is 1. The first-order valence-corrected chi connectivity index (χ1v) is 10.1. The van der Waals surface area contributed by atoms with Gasteiger partial charge in [0.2, 0.25) is 5.82 Å². The molecule has 0 aliphatic heterocycles. The van der Waals surface area contributed by atoms with Crippen molar-refractivity contribution in [1.82, 2.24) is 10.1 Å². The van der Waals surface area contributed by atoms with Crippen LogP contribution in [0.15, 0.2) is 57.0 Å². The fraction of sp³-hybridized carbons (Fsp3) is 0.143. The Labute approximate surface area is 185 Å². The molecule has 4 aromatic rings. The lowest BCUT2D eigenvalue weighted by atomic mass is 10.1. The number of hydrogen-bond donors (Lipinski definition) is 1. The fourth-order valence-corrected chi connectivity index (χ4v) is 3.42. The van der Waals surface area contributed by atoms with Gasteiger partial charge in [0.15, 0.2) is 23.9 Å². The molecule has 3 heterocycles. The van der Waals surface area contributed by atoms with Crippen molar-refractivity contribution in [3.63, 3.8) is 0 Å². The number of aromatic nitrogens is 2. The molecule has 1 amide bonds. The van der Waals surface area contributed by atoms with Crippen LogP contribution in [0.3, 0.4) is 0 Å². The number of rotatable bonds is 8. The van der Waals surface area contributed by atoms with E-state index in [4.69, 9.17) is 23.2 Å². The normalized spacial score (nSPS) is 10.6. The van der Waals surface area contributed by atoms with E-state index in [1.165, 1.54) is 50.0 Å². The quantitative estimate of drug-likeness (QED) is 0.392. The molecule has 0 unspecified atom stereocenters. The van der Waals surface area contributed by atoms with Crippen molar-refractivity contribution in [1.29, 1.82) is 0 Å². The molecule has 0 fully saturated rings. The lowest BCUT2D eigenvalue weighted by Crippen LogP contribution is -2.16. The minimum atomic E-state index is -0.739. The summed E-state index contributed by atoms with van der Waals surface area (Å²) in [6, 6.07) is 9.65. The van der Waals surface area contributed by atoms with Crippen molar-refractivity contribution >= 4 is 28.9 Å². The first-order chi connectivity index (χ1) is 15.6. The van der Waals surface area contributed by atoms with Crippen molar-refractivity contribution in [3.8, 4) is 22.2 Å². The van der Waals surface area contributed by atoms with Gasteiger partial charge in [0.25, 0.3) is 11.8 Å². The maximum Gasteiger partial charge on any atom is 0.340 e. The molecule has 0 bridgehead atoms. The molecule has 0 atom stereocenters. The van der Waals surface area contributed by atoms with Crippen LogP contribution in [0.1, 0.15) is 26.8 Å². The van der Waals surface area contributed by atoms with E-state index in [1.54, 1.807) is 6.07 Å². The van der Waals surface area contributed by atoms with Crippen molar-refractivity contribution < 1.29 is 32.7 Å². The second kappa shape index (κ2) is 9.35. The van der Waals surface area contributed by atoms with E-state index in [2.05, 4.69) is 15.5 Å². The highest BCUT2D eigenvalue weighted by molar-refractivity contribution is 7.13. The number of ether oxygens (including phenoxy) is 3. The molecular formula is C21H17N3O7S. The van der Waals surface area contributed by atoms with E-state index in [1.807, 2.05) is 17.5 Å². The summed E-state index contributed by atoms with van der Waals surface area (Å²) < 4.78 is 26.1. The zero-order valence-electron chi connectivity index (χ0n) is 17.0. The molecule has 0 spiro atoms. The smallest absolute Gasteiger partial charge is 0.340 e. The third-order valence-corrected chi connectivity index (χ3v) is 5.14. The van der Waals surface area contributed by atoms with Crippen LogP contribution >= 0.6 is 11.3 Å². The SMILES string of the molecule is COc1cc(NC(=O)c2ccco2)c(C(=O)OCc2nc(-c3cccs3)no2)cc1OC. The molecule has 11 heteroatoms. The monoisotopic (exact) mass is 455 g/mol. The third kappa shape index (κ3) is 4.47. The largest absolute Gasteiger partial charge is 0.493 e. The van der Waals surface area contributed by atoms with Gasteiger partial charge in [-0.1, -0.05) is 11.2 Å². The average molecular weight is 455 g/mol. The number of nitrogens with zero attached hydrogens (tertiary/aromatic N) is 2. The molecule has 10 nitrogen and oxygen atoms in total. The molecule has 0 radical (unpaired) electrons. The van der Waals surface area contributed by atoms with Gasteiger partial charge < -0.3 is 28.5 Å². The number of thiophene rings is 1. The van der Waals surface area contributed by atoms with Gasteiger partial charge in [-0.3, -0.25) is 4.79 Å². The number of amides is 1. The number of methoxy groups -OCH3 is 2. The predicted molar refractivity (Wildman–Crippen MR) is 113 cm³/mol. The van der Waals surface area contributed by atoms with Gasteiger partial charge in [0, 0.05) is 12.1 Å². The van der Waals surface area contributed by atoms with Gasteiger partial charge >= 0.3 is 5.97 Å². The molecule has 1 aromatic carbocycles. The standard InChI is InChI=1S/C21H17N3O7S/c1-27-15-9-12(13(10-16(15)28-2)22-20(25)14-5-3-7-29-14)21(26)30-11-18-23-19(24-31-18)17-6-4-8-32-17/h3-10H,11H2,1-2H3,(H,22,25). The van der Waals surface area contributed by atoms with Crippen LogP contribution in [0, 0.1) is 0 Å². The second-order valence-corrected chi connectivity index (χ2v) is 7.20. The van der Waals surface area contributed by atoms with Gasteiger partial charge in [0.1, 0.15) is 0 Å². The predicted octanol–water partition coefficient (Wildman–Crippen LogP) is 4.02. The number of hydrogen-bond acceptors (Lipinski definition) is 10. The molecule has 0 aliphatic rings. The summed E-state index contributed by atoms with van der Waals surface area (Å²) in [6.07, 6.45) is 1.37. The summed E-state index contributed by atoms with van der Waals surface area (Å²) in [5.74, 6) is -0.0760. The molecule has 0 saturated heterocycles. The Morgan fingerprint density at radius 1 is 1.12 bits per heavy atom. The molecule has 3 aromatic heterocycles. The summed E-state index contributed by atoms with van der Waals surface area (Å²) >= 11 is 1.46. The van der Waals surface area contributed by atoms with Crippen LogP contribution in [0.25, 0.3) is 10.7 Å². The van der Waals surface area contributed by atoms with E-state index < -0.39 is 11.9 Å². The fourth-order valence-electron chi connectivity index (χ4n) is 2.77. The van der Waals surface area contributed by atoms with Crippen molar-refractivity contribution in [2.24, 2.45) is 0 Å². The summed E-state index contributed by atoms with van der Waals surface area (Å²) in [7, 11) is 2.87. The van der Waals surface area contributed by atoms with Crippen LogP contribution in [0.5, 0.6) is 11.5 Å². The summed E-state index contributed by atoms with van der Waals surface area (Å²) in [4.78, 5) is 30.3. The van der Waals surface area contributed by atoms with E-state index >= 15 is 0 Å².